The molecule has 1 saturated heterocycles. The number of aromatic amines is 1. The van der Waals surface area contributed by atoms with Crippen molar-refractivity contribution in [2.45, 2.75) is 19.5 Å². The number of benzene rings is 2. The number of carbonyl (C=O) groups excluding carboxylic acids is 1. The fourth-order valence-electron chi connectivity index (χ4n) is 5.39. The minimum atomic E-state index is -0.213. The Labute approximate surface area is 236 Å². The number of carbonyl (C=O) groups is 1. The Morgan fingerprint density at radius 1 is 1.07 bits per heavy atom. The van der Waals surface area contributed by atoms with Crippen LogP contribution in [0.2, 0.25) is 0 Å². The van der Waals surface area contributed by atoms with Crippen LogP contribution in [0.1, 0.15) is 38.8 Å². The molecular weight excluding hydrogens is 520 g/mol. The summed E-state index contributed by atoms with van der Waals surface area (Å²) < 4.78 is 6.28. The van der Waals surface area contributed by atoms with Crippen LogP contribution in [-0.4, -0.2) is 63.8 Å². The van der Waals surface area contributed by atoms with E-state index >= 15 is 0 Å². The van der Waals surface area contributed by atoms with Crippen molar-refractivity contribution in [3.05, 3.63) is 105 Å². The number of hydrogen-bond donors (Lipinski definition) is 1. The van der Waals surface area contributed by atoms with Crippen LogP contribution in [0.4, 0.5) is 11.5 Å². The molecule has 1 fully saturated rings. The molecule has 206 valence electrons. The van der Waals surface area contributed by atoms with Crippen molar-refractivity contribution < 1.29 is 9.53 Å². The highest BCUT2D eigenvalue weighted by molar-refractivity contribution is 5.94. The van der Waals surface area contributed by atoms with E-state index in [1.807, 2.05) is 35.2 Å². The lowest BCUT2D eigenvalue weighted by Crippen LogP contribution is -2.49. The summed E-state index contributed by atoms with van der Waals surface area (Å²) in [5.41, 5.74) is 4.32. The molecule has 0 radical (unpaired) electrons. The van der Waals surface area contributed by atoms with E-state index in [9.17, 15) is 9.59 Å². The summed E-state index contributed by atoms with van der Waals surface area (Å²) in [5, 5.41) is 15.5. The first kappa shape index (κ1) is 26.0. The molecule has 4 heterocycles. The molecule has 11 heteroatoms. The van der Waals surface area contributed by atoms with Crippen molar-refractivity contribution in [1.82, 2.24) is 25.1 Å². The summed E-state index contributed by atoms with van der Waals surface area (Å²) >= 11 is 0. The lowest BCUT2D eigenvalue weighted by Gasteiger charge is -2.35. The van der Waals surface area contributed by atoms with Crippen LogP contribution >= 0.6 is 0 Å². The first-order chi connectivity index (χ1) is 20.0. The maximum Gasteiger partial charge on any atom is 0.269 e. The third-order valence-corrected chi connectivity index (χ3v) is 7.65. The number of amides is 1. The van der Waals surface area contributed by atoms with Crippen molar-refractivity contribution in [3.63, 3.8) is 0 Å². The fourth-order valence-corrected chi connectivity index (χ4v) is 5.39. The molecule has 0 unspecified atom stereocenters. The largest absolute Gasteiger partial charge is 0.491 e. The molecule has 0 saturated carbocycles. The maximum absolute atomic E-state index is 13.3. The van der Waals surface area contributed by atoms with Crippen LogP contribution in [0, 0.1) is 18.3 Å². The molecular formula is C30H28N8O3. The SMILES string of the molecule is Cc1c(N2Cc3ccccc3[C@H]2COc2cccc(C(=O)N3CCN(c4cnc(C#N)cn4)CC3)c2)cn[nH]c1=O. The van der Waals surface area contributed by atoms with Crippen molar-refractivity contribution in [2.75, 3.05) is 42.6 Å². The van der Waals surface area contributed by atoms with E-state index in [0.29, 0.717) is 62.0 Å². The summed E-state index contributed by atoms with van der Waals surface area (Å²) in [6, 6.07) is 17.3. The standard InChI is InChI=1S/C30H28N8O3/c1-20-26(16-34-35-29(20)39)38-18-22-5-2-3-8-25(22)27(38)19-41-24-7-4-6-21(13-24)30(40)37-11-9-36(10-12-37)28-17-32-23(14-31)15-33-28/h2-8,13,15-17,27H,9-12,18-19H2,1H3,(H,35,39)/t27-/m1/s1. The summed E-state index contributed by atoms with van der Waals surface area (Å²) in [6.07, 6.45) is 4.73. The summed E-state index contributed by atoms with van der Waals surface area (Å²) in [6.45, 7) is 5.11. The summed E-state index contributed by atoms with van der Waals surface area (Å²) in [4.78, 5) is 40.0. The van der Waals surface area contributed by atoms with Crippen LogP contribution in [0.3, 0.4) is 0 Å². The molecule has 4 aromatic rings. The number of nitriles is 1. The van der Waals surface area contributed by atoms with Gasteiger partial charge in [0.25, 0.3) is 11.5 Å². The van der Waals surface area contributed by atoms with Crippen LogP contribution < -0.4 is 20.1 Å². The molecule has 1 N–H and O–H groups in total. The highest BCUT2D eigenvalue weighted by Gasteiger charge is 2.32. The molecule has 1 amide bonds. The number of rotatable bonds is 6. The highest BCUT2D eigenvalue weighted by atomic mass is 16.5. The molecule has 41 heavy (non-hydrogen) atoms. The third-order valence-electron chi connectivity index (χ3n) is 7.65. The van der Waals surface area contributed by atoms with E-state index in [1.54, 1.807) is 31.5 Å². The van der Waals surface area contributed by atoms with Gasteiger partial charge in [0.2, 0.25) is 0 Å². The maximum atomic E-state index is 13.3. The van der Waals surface area contributed by atoms with Crippen molar-refractivity contribution >= 4 is 17.4 Å². The quantitative estimate of drug-likeness (QED) is 0.386. The van der Waals surface area contributed by atoms with Gasteiger partial charge in [0.1, 0.15) is 24.2 Å². The van der Waals surface area contributed by atoms with Gasteiger partial charge in [0, 0.05) is 43.9 Å². The van der Waals surface area contributed by atoms with Gasteiger partial charge in [-0.1, -0.05) is 30.3 Å². The number of nitrogens with zero attached hydrogens (tertiary/aromatic N) is 7. The lowest BCUT2D eigenvalue weighted by molar-refractivity contribution is 0.0746. The van der Waals surface area contributed by atoms with Crippen LogP contribution in [0.25, 0.3) is 0 Å². The molecule has 0 spiro atoms. The normalized spacial score (nSPS) is 16.3. The minimum absolute atomic E-state index is 0.0564. The number of piperazine rings is 1. The second kappa shape index (κ2) is 11.1. The Kier molecular flexibility index (Phi) is 7.04. The molecule has 0 bridgehead atoms. The Morgan fingerprint density at radius 3 is 2.68 bits per heavy atom. The topological polar surface area (TPSA) is 131 Å². The molecule has 0 aliphatic carbocycles. The second-order valence-corrected chi connectivity index (χ2v) is 10.0. The predicted octanol–water partition coefficient (Wildman–Crippen LogP) is 2.84. The Bertz CT molecular complexity index is 1670. The minimum Gasteiger partial charge on any atom is -0.491 e. The molecule has 2 aliphatic heterocycles. The van der Waals surface area contributed by atoms with E-state index in [-0.39, 0.29) is 23.2 Å². The van der Waals surface area contributed by atoms with Gasteiger partial charge in [-0.15, -0.1) is 0 Å². The van der Waals surface area contributed by atoms with Gasteiger partial charge >= 0.3 is 0 Å². The van der Waals surface area contributed by atoms with Crippen molar-refractivity contribution in [1.29, 1.82) is 5.26 Å². The average Bonchev–Trinajstić information content (AvgIpc) is 3.39. The number of anilines is 2. The lowest BCUT2D eigenvalue weighted by atomic mass is 10.1. The highest BCUT2D eigenvalue weighted by Crippen LogP contribution is 2.38. The van der Waals surface area contributed by atoms with E-state index in [4.69, 9.17) is 10.00 Å². The van der Waals surface area contributed by atoms with Crippen LogP contribution in [-0.2, 0) is 6.54 Å². The summed E-state index contributed by atoms with van der Waals surface area (Å²) in [7, 11) is 0. The monoisotopic (exact) mass is 548 g/mol. The van der Waals surface area contributed by atoms with Gasteiger partial charge in [0.05, 0.1) is 30.3 Å². The fraction of sp³-hybridized carbons (Fsp3) is 0.267. The Morgan fingerprint density at radius 2 is 1.90 bits per heavy atom. The van der Waals surface area contributed by atoms with Gasteiger partial charge < -0.3 is 19.4 Å². The number of hydrogen-bond acceptors (Lipinski definition) is 9. The van der Waals surface area contributed by atoms with Crippen molar-refractivity contribution in [2.24, 2.45) is 0 Å². The Hall–Kier alpha value is -5.24. The molecule has 11 nitrogen and oxygen atoms in total. The van der Waals surface area contributed by atoms with Gasteiger partial charge in [0.15, 0.2) is 5.69 Å². The molecule has 2 aliphatic rings. The predicted molar refractivity (Wildman–Crippen MR) is 152 cm³/mol. The summed E-state index contributed by atoms with van der Waals surface area (Å²) in [5.74, 6) is 1.24. The third kappa shape index (κ3) is 5.19. The van der Waals surface area contributed by atoms with Gasteiger partial charge in [-0.05, 0) is 36.2 Å². The first-order valence-corrected chi connectivity index (χ1v) is 13.4. The molecule has 2 aromatic heterocycles. The zero-order chi connectivity index (χ0) is 28.3. The van der Waals surface area contributed by atoms with E-state index in [2.05, 4.69) is 42.1 Å². The first-order valence-electron chi connectivity index (χ1n) is 13.4. The van der Waals surface area contributed by atoms with E-state index in [0.717, 1.165) is 11.3 Å². The number of aromatic nitrogens is 4. The molecule has 6 rings (SSSR count). The van der Waals surface area contributed by atoms with Gasteiger partial charge in [-0.25, -0.2) is 15.1 Å². The number of ether oxygens (including phenoxy) is 1. The van der Waals surface area contributed by atoms with Gasteiger partial charge in [-0.3, -0.25) is 9.59 Å². The average molecular weight is 549 g/mol. The number of nitrogens with one attached hydrogen (secondary N) is 1. The van der Waals surface area contributed by atoms with Crippen molar-refractivity contribution in [3.8, 4) is 11.8 Å². The Balaban J connectivity index is 1.13. The van der Waals surface area contributed by atoms with E-state index < -0.39 is 0 Å². The molecule has 1 atom stereocenters. The zero-order valence-electron chi connectivity index (χ0n) is 22.5. The van der Waals surface area contributed by atoms with Crippen LogP contribution in [0.15, 0.2) is 71.9 Å². The number of H-pyrrole nitrogens is 1. The van der Waals surface area contributed by atoms with Crippen LogP contribution in [0.5, 0.6) is 5.75 Å². The molecule has 2 aromatic carbocycles. The van der Waals surface area contributed by atoms with E-state index in [1.165, 1.54) is 11.8 Å². The number of fused-ring (bicyclic) bond motifs is 1. The smallest absolute Gasteiger partial charge is 0.269 e. The van der Waals surface area contributed by atoms with Gasteiger partial charge in [-0.2, -0.15) is 10.4 Å². The second-order valence-electron chi connectivity index (χ2n) is 10.0. The zero-order valence-corrected chi connectivity index (χ0v) is 22.5.